The average molecular weight is 391 g/mol. The van der Waals surface area contributed by atoms with Crippen molar-refractivity contribution in [2.24, 2.45) is 0 Å². The molecule has 3 rings (SSSR count). The summed E-state index contributed by atoms with van der Waals surface area (Å²) < 4.78 is 6.85. The number of carbonyl (C=O) groups is 1. The van der Waals surface area contributed by atoms with Crippen LogP contribution in [0.5, 0.6) is 0 Å². The number of carboxylic acid groups (broad SMARTS) is 1. The third-order valence-electron chi connectivity index (χ3n) is 2.97. The number of nitrogens with zero attached hydrogens (tertiary/aromatic N) is 1. The van der Waals surface area contributed by atoms with E-state index in [2.05, 4.69) is 27.6 Å². The lowest BCUT2D eigenvalue weighted by Gasteiger charge is -1.99. The van der Waals surface area contributed by atoms with Gasteiger partial charge in [-0.15, -0.1) is 0 Å². The lowest BCUT2D eigenvalue weighted by molar-refractivity contribution is 0.0697. The molecule has 1 heterocycles. The highest BCUT2D eigenvalue weighted by Crippen LogP contribution is 2.27. The van der Waals surface area contributed by atoms with Crippen molar-refractivity contribution in [2.45, 2.75) is 0 Å². The van der Waals surface area contributed by atoms with Gasteiger partial charge in [-0.05, 0) is 52.9 Å². The molecule has 1 aromatic heterocycles. The zero-order chi connectivity index (χ0) is 14.8. The minimum atomic E-state index is -0.971. The molecule has 0 saturated carbocycles. The lowest BCUT2D eigenvalue weighted by atomic mass is 10.1. The van der Waals surface area contributed by atoms with Crippen LogP contribution in [-0.2, 0) is 0 Å². The predicted molar refractivity (Wildman–Crippen MR) is 87.1 cm³/mol. The Labute approximate surface area is 134 Å². The van der Waals surface area contributed by atoms with Crippen LogP contribution in [0.2, 0.25) is 0 Å². The summed E-state index contributed by atoms with van der Waals surface area (Å²) in [6.45, 7) is 0. The second kappa shape index (κ2) is 5.69. The van der Waals surface area contributed by atoms with Gasteiger partial charge in [0.25, 0.3) is 0 Å². The summed E-state index contributed by atoms with van der Waals surface area (Å²) in [4.78, 5) is 15.2. The summed E-state index contributed by atoms with van der Waals surface area (Å²) in [5.74, 6) is 0.0949. The fourth-order valence-electron chi connectivity index (χ4n) is 1.97. The molecule has 0 unspecified atom stereocenters. The molecule has 0 aliphatic heterocycles. The van der Waals surface area contributed by atoms with Gasteiger partial charge >= 0.3 is 5.97 Å². The van der Waals surface area contributed by atoms with E-state index in [1.165, 1.54) is 6.07 Å². The first-order chi connectivity index (χ1) is 10.1. The molecule has 3 aromatic rings. The monoisotopic (exact) mass is 391 g/mol. The topological polar surface area (TPSA) is 63.3 Å². The first-order valence-corrected chi connectivity index (χ1v) is 7.27. The van der Waals surface area contributed by atoms with Crippen LogP contribution in [-0.4, -0.2) is 16.1 Å². The molecule has 0 saturated heterocycles. The van der Waals surface area contributed by atoms with Crippen molar-refractivity contribution in [3.05, 3.63) is 63.9 Å². The molecule has 0 aliphatic carbocycles. The van der Waals surface area contributed by atoms with Gasteiger partial charge in [-0.1, -0.05) is 18.2 Å². The maximum atomic E-state index is 11.0. The number of oxazole rings is 1. The first kappa shape index (κ1) is 13.8. The first-order valence-electron chi connectivity index (χ1n) is 6.19. The Morgan fingerprint density at radius 1 is 1.10 bits per heavy atom. The van der Waals surface area contributed by atoms with Crippen molar-refractivity contribution >= 4 is 28.6 Å². The number of rotatable bonds is 3. The summed E-state index contributed by atoms with van der Waals surface area (Å²) in [7, 11) is 0. The second-order valence-electron chi connectivity index (χ2n) is 4.43. The second-order valence-corrected chi connectivity index (χ2v) is 5.67. The Morgan fingerprint density at radius 3 is 2.62 bits per heavy atom. The number of hydrogen-bond donors (Lipinski definition) is 1. The van der Waals surface area contributed by atoms with Gasteiger partial charge in [0, 0.05) is 14.7 Å². The van der Waals surface area contributed by atoms with Crippen LogP contribution in [0.3, 0.4) is 0 Å². The fourth-order valence-corrected chi connectivity index (χ4v) is 2.51. The van der Waals surface area contributed by atoms with Gasteiger partial charge in [-0.2, -0.15) is 0 Å². The normalized spacial score (nSPS) is 10.5. The van der Waals surface area contributed by atoms with Crippen LogP contribution < -0.4 is 0 Å². The minimum absolute atomic E-state index is 0.210. The minimum Gasteiger partial charge on any atom is -0.478 e. The van der Waals surface area contributed by atoms with E-state index in [4.69, 9.17) is 9.52 Å². The van der Waals surface area contributed by atoms with Gasteiger partial charge in [0.2, 0.25) is 5.89 Å². The predicted octanol–water partition coefficient (Wildman–Crippen LogP) is 4.31. The zero-order valence-electron chi connectivity index (χ0n) is 10.8. The molecule has 21 heavy (non-hydrogen) atoms. The molecule has 0 atom stereocenters. The van der Waals surface area contributed by atoms with Crippen LogP contribution in [0, 0.1) is 3.57 Å². The Bertz CT molecular complexity index is 811. The Kier molecular flexibility index (Phi) is 3.74. The van der Waals surface area contributed by atoms with E-state index in [0.717, 1.165) is 9.13 Å². The summed E-state index contributed by atoms with van der Waals surface area (Å²) in [5, 5.41) is 9.02. The summed E-state index contributed by atoms with van der Waals surface area (Å²) in [6, 6.07) is 14.4. The van der Waals surface area contributed by atoms with Crippen LogP contribution in [0.1, 0.15) is 10.4 Å². The van der Waals surface area contributed by atoms with Crippen molar-refractivity contribution < 1.29 is 14.3 Å². The molecular formula is C16H10INO3. The van der Waals surface area contributed by atoms with Gasteiger partial charge < -0.3 is 9.52 Å². The molecule has 1 N–H and O–H groups in total. The van der Waals surface area contributed by atoms with Crippen molar-refractivity contribution in [3.8, 4) is 22.8 Å². The van der Waals surface area contributed by atoms with E-state index in [1.54, 1.807) is 24.4 Å². The maximum Gasteiger partial charge on any atom is 0.335 e. The van der Waals surface area contributed by atoms with Crippen molar-refractivity contribution in [1.82, 2.24) is 4.98 Å². The number of hydrogen-bond acceptors (Lipinski definition) is 3. The van der Waals surface area contributed by atoms with E-state index in [1.807, 2.05) is 24.3 Å². The third kappa shape index (κ3) is 2.97. The quantitative estimate of drug-likeness (QED) is 0.676. The molecule has 0 radical (unpaired) electrons. The van der Waals surface area contributed by atoms with Gasteiger partial charge in [-0.3, -0.25) is 0 Å². The highest BCUT2D eigenvalue weighted by atomic mass is 127. The molecule has 4 nitrogen and oxygen atoms in total. The van der Waals surface area contributed by atoms with E-state index in [0.29, 0.717) is 17.2 Å². The van der Waals surface area contributed by atoms with Crippen LogP contribution in [0.4, 0.5) is 0 Å². The number of aromatic carboxylic acids is 1. The molecule has 2 aromatic carbocycles. The molecular weight excluding hydrogens is 381 g/mol. The number of halogens is 1. The standard InChI is InChI=1S/C16H10INO3/c17-13-6-2-3-10(8-13)14-9-18-15(21-14)11-4-1-5-12(7-11)16(19)20/h1-9H,(H,19,20). The summed E-state index contributed by atoms with van der Waals surface area (Å²) in [5.41, 5.74) is 1.79. The Hall–Kier alpha value is -2.15. The number of aromatic nitrogens is 1. The smallest absolute Gasteiger partial charge is 0.335 e. The fraction of sp³-hybridized carbons (Fsp3) is 0. The lowest BCUT2D eigenvalue weighted by Crippen LogP contribution is -1.95. The van der Waals surface area contributed by atoms with Crippen LogP contribution >= 0.6 is 22.6 Å². The molecule has 0 spiro atoms. The van der Waals surface area contributed by atoms with E-state index in [9.17, 15) is 4.79 Å². The highest BCUT2D eigenvalue weighted by molar-refractivity contribution is 14.1. The van der Waals surface area contributed by atoms with Crippen LogP contribution in [0.15, 0.2) is 59.1 Å². The third-order valence-corrected chi connectivity index (χ3v) is 3.64. The van der Waals surface area contributed by atoms with Crippen molar-refractivity contribution in [2.75, 3.05) is 0 Å². The van der Waals surface area contributed by atoms with E-state index < -0.39 is 5.97 Å². The SMILES string of the molecule is O=C(O)c1cccc(-c2ncc(-c3cccc(I)c3)o2)c1. The molecule has 0 amide bonds. The molecule has 5 heteroatoms. The Balaban J connectivity index is 1.98. The van der Waals surface area contributed by atoms with Crippen molar-refractivity contribution in [3.63, 3.8) is 0 Å². The van der Waals surface area contributed by atoms with Crippen LogP contribution in [0.25, 0.3) is 22.8 Å². The van der Waals surface area contributed by atoms with E-state index >= 15 is 0 Å². The van der Waals surface area contributed by atoms with E-state index in [-0.39, 0.29) is 5.56 Å². The average Bonchev–Trinajstić information content (AvgIpc) is 2.97. The highest BCUT2D eigenvalue weighted by Gasteiger charge is 2.11. The molecule has 104 valence electrons. The number of carboxylic acids is 1. The van der Waals surface area contributed by atoms with Gasteiger partial charge in [0.15, 0.2) is 5.76 Å². The summed E-state index contributed by atoms with van der Waals surface area (Å²) in [6.07, 6.45) is 1.65. The van der Waals surface area contributed by atoms with Gasteiger partial charge in [0.1, 0.15) is 0 Å². The number of benzene rings is 2. The molecule has 0 bridgehead atoms. The zero-order valence-corrected chi connectivity index (χ0v) is 12.9. The Morgan fingerprint density at radius 2 is 1.86 bits per heavy atom. The molecule has 0 aliphatic rings. The molecule has 0 fully saturated rings. The largest absolute Gasteiger partial charge is 0.478 e. The summed E-state index contributed by atoms with van der Waals surface area (Å²) >= 11 is 2.23. The van der Waals surface area contributed by atoms with Gasteiger partial charge in [0.05, 0.1) is 11.8 Å². The van der Waals surface area contributed by atoms with Crippen molar-refractivity contribution in [1.29, 1.82) is 0 Å². The maximum absolute atomic E-state index is 11.0. The van der Waals surface area contributed by atoms with Gasteiger partial charge in [-0.25, -0.2) is 9.78 Å².